The van der Waals surface area contributed by atoms with E-state index in [-0.39, 0.29) is 30.3 Å². The molecule has 26 heavy (non-hydrogen) atoms. The molecule has 1 amide bonds. The number of esters is 1. The smallest absolute Gasteiger partial charge is 0.314 e. The largest absolute Gasteiger partial charge is 0.455 e. The van der Waals surface area contributed by atoms with Crippen LogP contribution in [0.4, 0.5) is 0 Å². The lowest BCUT2D eigenvalue weighted by Crippen LogP contribution is -2.32. The molecule has 4 nitrogen and oxygen atoms in total. The summed E-state index contributed by atoms with van der Waals surface area (Å²) in [4.78, 5) is 24.5. The summed E-state index contributed by atoms with van der Waals surface area (Å²) in [6.45, 7) is 4.35. The van der Waals surface area contributed by atoms with Crippen molar-refractivity contribution in [1.29, 1.82) is 0 Å². The van der Waals surface area contributed by atoms with Gasteiger partial charge in [-0.05, 0) is 23.5 Å². The number of rotatable bonds is 9. The summed E-state index contributed by atoms with van der Waals surface area (Å²) in [6.07, 6.45) is 1.61. The maximum absolute atomic E-state index is 12.5. The molecule has 0 aromatic heterocycles. The molecular weight excluding hydrogens is 326 g/mol. The Morgan fingerprint density at radius 2 is 1.62 bits per heavy atom. The van der Waals surface area contributed by atoms with Crippen molar-refractivity contribution in [3.63, 3.8) is 0 Å². The third-order valence-corrected chi connectivity index (χ3v) is 4.55. The van der Waals surface area contributed by atoms with Crippen molar-refractivity contribution in [3.8, 4) is 0 Å². The third kappa shape index (κ3) is 6.03. The fourth-order valence-electron chi connectivity index (χ4n) is 2.86. The van der Waals surface area contributed by atoms with Crippen molar-refractivity contribution in [3.05, 3.63) is 71.8 Å². The minimum absolute atomic E-state index is 0.144. The number of hydrogen-bond donors (Lipinski definition) is 1. The molecule has 0 saturated heterocycles. The van der Waals surface area contributed by atoms with Crippen molar-refractivity contribution in [1.82, 2.24) is 5.32 Å². The van der Waals surface area contributed by atoms with Crippen LogP contribution in [0, 0.1) is 5.92 Å². The molecule has 138 valence electrons. The molecule has 0 aliphatic heterocycles. The van der Waals surface area contributed by atoms with Crippen molar-refractivity contribution < 1.29 is 14.3 Å². The van der Waals surface area contributed by atoms with E-state index in [1.54, 1.807) is 0 Å². The molecule has 2 aromatic rings. The summed E-state index contributed by atoms with van der Waals surface area (Å²) >= 11 is 0. The molecule has 0 bridgehead atoms. The first-order chi connectivity index (χ1) is 12.6. The van der Waals surface area contributed by atoms with Gasteiger partial charge < -0.3 is 10.1 Å². The molecular formula is C22H27NO3. The predicted octanol–water partition coefficient (Wildman–Crippen LogP) is 3.72. The van der Waals surface area contributed by atoms with E-state index < -0.39 is 0 Å². The molecule has 0 aliphatic rings. The number of nitrogens with one attached hydrogen (secondary N) is 1. The average molecular weight is 353 g/mol. The van der Waals surface area contributed by atoms with Gasteiger partial charge in [0.1, 0.15) is 0 Å². The lowest BCUT2D eigenvalue weighted by atomic mass is 9.86. The summed E-state index contributed by atoms with van der Waals surface area (Å²) < 4.78 is 5.30. The van der Waals surface area contributed by atoms with E-state index in [4.69, 9.17) is 4.74 Å². The zero-order valence-electron chi connectivity index (χ0n) is 15.5. The van der Waals surface area contributed by atoms with Crippen molar-refractivity contribution in [2.75, 3.05) is 13.2 Å². The van der Waals surface area contributed by atoms with Gasteiger partial charge in [-0.2, -0.15) is 0 Å². The Labute approximate surface area is 155 Å². The first-order valence-corrected chi connectivity index (χ1v) is 9.14. The summed E-state index contributed by atoms with van der Waals surface area (Å²) in [5, 5.41) is 2.79. The van der Waals surface area contributed by atoms with E-state index in [0.717, 1.165) is 24.0 Å². The van der Waals surface area contributed by atoms with Crippen LogP contribution >= 0.6 is 0 Å². The fourth-order valence-corrected chi connectivity index (χ4v) is 2.86. The SMILES string of the molecule is CC[C@@H](C)[C@@H](C(=O)OCC(=O)NCCc1ccccc1)c1ccccc1. The molecule has 2 aromatic carbocycles. The maximum atomic E-state index is 12.5. The molecule has 0 unspecified atom stereocenters. The number of carbonyl (C=O) groups is 2. The number of benzene rings is 2. The average Bonchev–Trinajstić information content (AvgIpc) is 2.68. The Bertz CT molecular complexity index is 685. The number of ether oxygens (including phenoxy) is 1. The first kappa shape index (κ1) is 19.7. The number of amides is 1. The van der Waals surface area contributed by atoms with E-state index in [0.29, 0.717) is 6.54 Å². The molecule has 0 radical (unpaired) electrons. The molecule has 4 heteroatoms. The third-order valence-electron chi connectivity index (χ3n) is 4.55. The molecule has 0 saturated carbocycles. The van der Waals surface area contributed by atoms with E-state index >= 15 is 0 Å². The topological polar surface area (TPSA) is 55.4 Å². The van der Waals surface area contributed by atoms with Gasteiger partial charge in [0, 0.05) is 6.54 Å². The normalized spacial score (nSPS) is 12.8. The molecule has 0 spiro atoms. The van der Waals surface area contributed by atoms with Crippen molar-refractivity contribution in [2.45, 2.75) is 32.6 Å². The van der Waals surface area contributed by atoms with Crippen LogP contribution in [0.3, 0.4) is 0 Å². The Morgan fingerprint density at radius 3 is 2.23 bits per heavy atom. The Kier molecular flexibility index (Phi) is 7.87. The van der Waals surface area contributed by atoms with E-state index in [1.165, 1.54) is 0 Å². The van der Waals surface area contributed by atoms with Crippen LogP contribution < -0.4 is 5.32 Å². The van der Waals surface area contributed by atoms with Crippen LogP contribution in [0.5, 0.6) is 0 Å². The molecule has 1 N–H and O–H groups in total. The first-order valence-electron chi connectivity index (χ1n) is 9.14. The van der Waals surface area contributed by atoms with Gasteiger partial charge in [-0.15, -0.1) is 0 Å². The highest BCUT2D eigenvalue weighted by Crippen LogP contribution is 2.28. The molecule has 0 fully saturated rings. The van der Waals surface area contributed by atoms with Gasteiger partial charge in [0.2, 0.25) is 0 Å². The Morgan fingerprint density at radius 1 is 1.00 bits per heavy atom. The highest BCUT2D eigenvalue weighted by atomic mass is 16.5. The van der Waals surface area contributed by atoms with Crippen LogP contribution in [-0.2, 0) is 20.7 Å². The van der Waals surface area contributed by atoms with Gasteiger partial charge in [-0.1, -0.05) is 80.9 Å². The van der Waals surface area contributed by atoms with Crippen molar-refractivity contribution >= 4 is 11.9 Å². The second kappa shape index (κ2) is 10.4. The standard InChI is InChI=1S/C22H27NO3/c1-3-17(2)21(19-12-8-5-9-13-19)22(25)26-16-20(24)23-15-14-18-10-6-4-7-11-18/h4-13,17,21H,3,14-16H2,1-2H3,(H,23,24)/t17-,21-/m1/s1. The van der Waals surface area contributed by atoms with Gasteiger partial charge in [0.25, 0.3) is 5.91 Å². The molecule has 2 atom stereocenters. The predicted molar refractivity (Wildman–Crippen MR) is 103 cm³/mol. The second-order valence-corrected chi connectivity index (χ2v) is 6.47. The van der Waals surface area contributed by atoms with E-state index in [1.807, 2.05) is 74.5 Å². The van der Waals surface area contributed by atoms with Gasteiger partial charge in [-0.25, -0.2) is 0 Å². The highest BCUT2D eigenvalue weighted by Gasteiger charge is 2.27. The molecule has 0 heterocycles. The van der Waals surface area contributed by atoms with Gasteiger partial charge in [0.05, 0.1) is 5.92 Å². The number of carbonyl (C=O) groups excluding carboxylic acids is 2. The zero-order valence-corrected chi connectivity index (χ0v) is 15.5. The van der Waals surface area contributed by atoms with Crippen LogP contribution in [0.1, 0.15) is 37.3 Å². The van der Waals surface area contributed by atoms with Crippen LogP contribution in [0.15, 0.2) is 60.7 Å². The van der Waals surface area contributed by atoms with E-state index in [9.17, 15) is 9.59 Å². The fraction of sp³-hybridized carbons (Fsp3) is 0.364. The quantitative estimate of drug-likeness (QED) is 0.699. The zero-order chi connectivity index (χ0) is 18.8. The Balaban J connectivity index is 1.82. The summed E-state index contributed by atoms with van der Waals surface area (Å²) in [6, 6.07) is 19.5. The maximum Gasteiger partial charge on any atom is 0.314 e. The monoisotopic (exact) mass is 353 g/mol. The van der Waals surface area contributed by atoms with Crippen LogP contribution in [0.2, 0.25) is 0 Å². The van der Waals surface area contributed by atoms with Crippen LogP contribution in [-0.4, -0.2) is 25.0 Å². The lowest BCUT2D eigenvalue weighted by molar-refractivity contribution is -0.151. The highest BCUT2D eigenvalue weighted by molar-refractivity contribution is 5.83. The van der Waals surface area contributed by atoms with Crippen molar-refractivity contribution in [2.24, 2.45) is 5.92 Å². The van der Waals surface area contributed by atoms with E-state index in [2.05, 4.69) is 5.32 Å². The van der Waals surface area contributed by atoms with Gasteiger partial charge in [0.15, 0.2) is 6.61 Å². The molecule has 0 aliphatic carbocycles. The van der Waals surface area contributed by atoms with Crippen LogP contribution in [0.25, 0.3) is 0 Å². The second-order valence-electron chi connectivity index (χ2n) is 6.47. The Hall–Kier alpha value is -2.62. The summed E-state index contributed by atoms with van der Waals surface area (Å²) in [7, 11) is 0. The lowest BCUT2D eigenvalue weighted by Gasteiger charge is -2.21. The summed E-state index contributed by atoms with van der Waals surface area (Å²) in [5.41, 5.74) is 2.09. The minimum atomic E-state index is -0.349. The molecule has 2 rings (SSSR count). The van der Waals surface area contributed by atoms with Gasteiger partial charge in [-0.3, -0.25) is 9.59 Å². The number of hydrogen-bond acceptors (Lipinski definition) is 3. The van der Waals surface area contributed by atoms with Gasteiger partial charge >= 0.3 is 5.97 Å². The minimum Gasteiger partial charge on any atom is -0.455 e. The summed E-state index contributed by atoms with van der Waals surface area (Å²) in [5.74, 6) is -0.821.